The summed E-state index contributed by atoms with van der Waals surface area (Å²) in [5.74, 6) is 0. The molecule has 3 rings (SSSR count). The van der Waals surface area contributed by atoms with E-state index in [0.29, 0.717) is 0 Å². The zero-order chi connectivity index (χ0) is 15.1. The van der Waals surface area contributed by atoms with E-state index >= 15 is 0 Å². The Morgan fingerprint density at radius 2 is 2.19 bits per heavy atom. The number of imidazole rings is 1. The first kappa shape index (κ1) is 14.5. The van der Waals surface area contributed by atoms with Crippen LogP contribution in [0, 0.1) is 11.7 Å². The second-order valence-corrected chi connectivity index (χ2v) is 7.15. The molecule has 0 saturated heterocycles. The van der Waals surface area contributed by atoms with Crippen molar-refractivity contribution in [1.82, 2.24) is 19.3 Å². The average molecular weight is 320 g/mol. The van der Waals surface area contributed by atoms with Crippen LogP contribution in [-0.2, 0) is 13.5 Å². The molecular weight excluding hydrogens is 300 g/mol. The van der Waals surface area contributed by atoms with E-state index in [-0.39, 0.29) is 6.04 Å². The summed E-state index contributed by atoms with van der Waals surface area (Å²) < 4.78 is 4.90. The van der Waals surface area contributed by atoms with Crippen molar-refractivity contribution in [2.75, 3.05) is 0 Å². The number of nitrogens with zero attached hydrogens (tertiary/aromatic N) is 3. The van der Waals surface area contributed by atoms with E-state index in [9.17, 15) is 0 Å². The fraction of sp³-hybridized carbons (Fsp3) is 0.467. The van der Waals surface area contributed by atoms with Crippen LogP contribution in [0.25, 0.3) is 11.2 Å². The van der Waals surface area contributed by atoms with Crippen LogP contribution in [0.15, 0.2) is 12.1 Å². The van der Waals surface area contributed by atoms with Crippen molar-refractivity contribution in [2.24, 2.45) is 7.05 Å². The summed E-state index contributed by atoms with van der Waals surface area (Å²) in [6.07, 6.45) is 2.05. The Balaban J connectivity index is 2.18. The van der Waals surface area contributed by atoms with Crippen molar-refractivity contribution < 1.29 is 0 Å². The predicted molar refractivity (Wildman–Crippen MR) is 90.8 cm³/mol. The molecular formula is C15H20N4S2. The average Bonchev–Trinajstić information content (AvgIpc) is 3.07. The molecule has 3 aromatic heterocycles. The maximum absolute atomic E-state index is 5.56. The zero-order valence-corrected chi connectivity index (χ0v) is 14.4. The molecule has 3 aromatic rings. The van der Waals surface area contributed by atoms with Gasteiger partial charge in [0.1, 0.15) is 5.52 Å². The molecule has 0 aliphatic carbocycles. The van der Waals surface area contributed by atoms with Crippen molar-refractivity contribution in [3.8, 4) is 0 Å². The molecule has 1 unspecified atom stereocenters. The minimum Gasteiger partial charge on any atom is -0.328 e. The molecule has 0 amide bonds. The number of nitrogens with one attached hydrogen (secondary N) is 1. The summed E-state index contributed by atoms with van der Waals surface area (Å²) in [5, 5.41) is 4.64. The van der Waals surface area contributed by atoms with Gasteiger partial charge in [0.15, 0.2) is 10.4 Å². The van der Waals surface area contributed by atoms with Crippen LogP contribution in [0.5, 0.6) is 0 Å². The second-order valence-electron chi connectivity index (χ2n) is 5.44. The van der Waals surface area contributed by atoms with Crippen molar-refractivity contribution in [1.29, 1.82) is 0 Å². The summed E-state index contributed by atoms with van der Waals surface area (Å²) in [7, 11) is 1.99. The number of H-pyrrole nitrogens is 1. The van der Waals surface area contributed by atoms with Crippen molar-refractivity contribution >= 4 is 34.7 Å². The van der Waals surface area contributed by atoms with E-state index in [4.69, 9.17) is 12.2 Å². The van der Waals surface area contributed by atoms with Crippen molar-refractivity contribution in [3.05, 3.63) is 32.4 Å². The Bertz CT molecular complexity index is 834. The highest BCUT2D eigenvalue weighted by atomic mass is 32.1. The zero-order valence-electron chi connectivity index (χ0n) is 12.8. The van der Waals surface area contributed by atoms with E-state index < -0.39 is 0 Å². The minimum atomic E-state index is 0.217. The number of aryl methyl sites for hydroxylation is 3. The van der Waals surface area contributed by atoms with Gasteiger partial charge in [-0.1, -0.05) is 13.3 Å². The monoisotopic (exact) mass is 320 g/mol. The lowest BCUT2D eigenvalue weighted by Gasteiger charge is -2.12. The molecule has 6 heteroatoms. The van der Waals surface area contributed by atoms with Crippen LogP contribution in [0.2, 0.25) is 0 Å². The smallest absolute Gasteiger partial charge is 0.179 e. The Morgan fingerprint density at radius 1 is 1.43 bits per heavy atom. The van der Waals surface area contributed by atoms with Gasteiger partial charge in [0.05, 0.1) is 11.7 Å². The number of thiophene rings is 1. The molecule has 112 valence electrons. The van der Waals surface area contributed by atoms with E-state index in [0.717, 1.165) is 34.5 Å². The SMILES string of the molecule is CCCc1nn(C)c2c1[nH]c(=S)n2C(C)c1ccc(C)s1. The van der Waals surface area contributed by atoms with Gasteiger partial charge in [-0.3, -0.25) is 9.25 Å². The first-order valence-corrected chi connectivity index (χ1v) is 8.47. The highest BCUT2D eigenvalue weighted by Crippen LogP contribution is 2.30. The fourth-order valence-electron chi connectivity index (χ4n) is 2.81. The molecule has 3 heterocycles. The molecule has 0 fully saturated rings. The van der Waals surface area contributed by atoms with Gasteiger partial charge in [-0.25, -0.2) is 0 Å². The Morgan fingerprint density at radius 3 is 2.81 bits per heavy atom. The van der Waals surface area contributed by atoms with E-state index in [1.807, 2.05) is 23.1 Å². The Kier molecular flexibility index (Phi) is 3.75. The maximum Gasteiger partial charge on any atom is 0.179 e. The van der Waals surface area contributed by atoms with Crippen LogP contribution in [-0.4, -0.2) is 19.3 Å². The molecule has 21 heavy (non-hydrogen) atoms. The topological polar surface area (TPSA) is 38.5 Å². The first-order valence-electron chi connectivity index (χ1n) is 7.25. The number of hydrogen-bond donors (Lipinski definition) is 1. The number of hydrogen-bond acceptors (Lipinski definition) is 3. The number of aromatic nitrogens is 4. The minimum absolute atomic E-state index is 0.217. The van der Waals surface area contributed by atoms with Crippen LogP contribution in [0.4, 0.5) is 0 Å². The van der Waals surface area contributed by atoms with Gasteiger partial charge in [-0.2, -0.15) is 5.10 Å². The third-order valence-corrected chi connectivity index (χ3v) is 5.29. The third kappa shape index (κ3) is 2.36. The molecule has 0 spiro atoms. The molecule has 0 aliphatic rings. The highest BCUT2D eigenvalue weighted by Gasteiger charge is 2.20. The summed E-state index contributed by atoms with van der Waals surface area (Å²) >= 11 is 7.39. The lowest BCUT2D eigenvalue weighted by atomic mass is 10.2. The van der Waals surface area contributed by atoms with Gasteiger partial charge in [-0.15, -0.1) is 11.3 Å². The van der Waals surface area contributed by atoms with Gasteiger partial charge in [-0.05, 0) is 44.6 Å². The molecule has 0 bridgehead atoms. The van der Waals surface area contributed by atoms with Crippen LogP contribution < -0.4 is 0 Å². The molecule has 0 radical (unpaired) electrons. The quantitative estimate of drug-likeness (QED) is 0.725. The van der Waals surface area contributed by atoms with Gasteiger partial charge in [0.25, 0.3) is 0 Å². The lowest BCUT2D eigenvalue weighted by Crippen LogP contribution is -2.08. The van der Waals surface area contributed by atoms with Crippen LogP contribution >= 0.6 is 23.6 Å². The third-order valence-electron chi connectivity index (χ3n) is 3.82. The van der Waals surface area contributed by atoms with E-state index in [2.05, 4.69) is 47.6 Å². The second kappa shape index (κ2) is 5.42. The van der Waals surface area contributed by atoms with Crippen LogP contribution in [0.3, 0.4) is 0 Å². The summed E-state index contributed by atoms with van der Waals surface area (Å²) in [4.78, 5) is 6.01. The molecule has 1 N–H and O–H groups in total. The number of aromatic amines is 1. The molecule has 0 aromatic carbocycles. The predicted octanol–water partition coefficient (Wildman–Crippen LogP) is 4.36. The molecule has 0 aliphatic heterocycles. The fourth-order valence-corrected chi connectivity index (χ4v) is 4.08. The van der Waals surface area contributed by atoms with Crippen molar-refractivity contribution in [2.45, 2.75) is 39.7 Å². The van der Waals surface area contributed by atoms with Crippen molar-refractivity contribution in [3.63, 3.8) is 0 Å². The maximum atomic E-state index is 5.56. The van der Waals surface area contributed by atoms with Gasteiger partial charge >= 0.3 is 0 Å². The first-order chi connectivity index (χ1) is 10.0. The standard InChI is InChI=1S/C15H20N4S2/c1-5-6-11-13-14(18(4)17-11)19(15(20)16-13)10(3)12-8-7-9(2)21-12/h7-8,10H,5-6H2,1-4H3,(H,16,20). The van der Waals surface area contributed by atoms with Gasteiger partial charge < -0.3 is 4.98 Å². The molecule has 4 nitrogen and oxygen atoms in total. The summed E-state index contributed by atoms with van der Waals surface area (Å²) in [5.41, 5.74) is 3.28. The number of fused-ring (bicyclic) bond motifs is 1. The van der Waals surface area contributed by atoms with Gasteiger partial charge in [0, 0.05) is 16.8 Å². The summed E-state index contributed by atoms with van der Waals surface area (Å²) in [6.45, 7) is 6.50. The molecule has 1 atom stereocenters. The molecule has 0 saturated carbocycles. The summed E-state index contributed by atoms with van der Waals surface area (Å²) in [6, 6.07) is 4.57. The van der Waals surface area contributed by atoms with E-state index in [1.165, 1.54) is 9.75 Å². The van der Waals surface area contributed by atoms with Crippen LogP contribution in [0.1, 0.15) is 41.8 Å². The lowest BCUT2D eigenvalue weighted by molar-refractivity contribution is 0.627. The van der Waals surface area contributed by atoms with E-state index in [1.54, 1.807) is 0 Å². The normalized spacial score (nSPS) is 13.1. The number of rotatable bonds is 4. The largest absolute Gasteiger partial charge is 0.328 e. The highest BCUT2D eigenvalue weighted by molar-refractivity contribution is 7.71. The van der Waals surface area contributed by atoms with Gasteiger partial charge in [0.2, 0.25) is 0 Å². The Labute approximate surface area is 133 Å². The Hall–Kier alpha value is -1.40.